The molecule has 0 amide bonds. The van der Waals surface area contributed by atoms with Crippen molar-refractivity contribution in [3.8, 4) is 0 Å². The Bertz CT molecular complexity index is 739. The van der Waals surface area contributed by atoms with E-state index in [0.717, 1.165) is 18.5 Å². The van der Waals surface area contributed by atoms with Crippen LogP contribution in [0.15, 0.2) is 47.5 Å². The fraction of sp³-hybridized carbons (Fsp3) is 0.200. The molecule has 0 bridgehead atoms. The van der Waals surface area contributed by atoms with Crippen molar-refractivity contribution in [3.05, 3.63) is 48.0 Å². The molecule has 0 spiro atoms. The van der Waals surface area contributed by atoms with Gasteiger partial charge in [-0.15, -0.1) is 0 Å². The van der Waals surface area contributed by atoms with Crippen LogP contribution in [0.2, 0.25) is 0 Å². The summed E-state index contributed by atoms with van der Waals surface area (Å²) in [6, 6.07) is 14.4. The number of aryl methyl sites for hydroxylation is 1. The lowest BCUT2D eigenvalue weighted by atomic mass is 10.1. The van der Waals surface area contributed by atoms with Gasteiger partial charge in [-0.25, -0.2) is 9.67 Å². The highest BCUT2D eigenvalue weighted by Crippen LogP contribution is 2.17. The van der Waals surface area contributed by atoms with E-state index in [1.54, 1.807) is 4.68 Å². The zero-order chi connectivity index (χ0) is 13.8. The van der Waals surface area contributed by atoms with E-state index in [9.17, 15) is 0 Å². The van der Waals surface area contributed by atoms with Crippen molar-refractivity contribution in [2.24, 2.45) is 4.99 Å². The molecule has 0 atom stereocenters. The number of aliphatic imine (C=N–C) groups is 1. The molecule has 0 saturated carbocycles. The highest BCUT2D eigenvalue weighted by atomic mass is 15.6. The average Bonchev–Trinajstić information content (AvgIpc) is 2.93. The van der Waals surface area contributed by atoms with Gasteiger partial charge in [-0.1, -0.05) is 54.5 Å². The molecule has 100 valence electrons. The molecule has 0 aliphatic carbocycles. The summed E-state index contributed by atoms with van der Waals surface area (Å²) in [4.78, 5) is 4.41. The molecule has 0 unspecified atom stereocenters. The van der Waals surface area contributed by atoms with E-state index in [2.05, 4.69) is 45.6 Å². The van der Waals surface area contributed by atoms with E-state index >= 15 is 0 Å². The molecule has 0 N–H and O–H groups in total. The van der Waals surface area contributed by atoms with Gasteiger partial charge in [0.15, 0.2) is 0 Å². The van der Waals surface area contributed by atoms with Gasteiger partial charge in [-0.2, -0.15) is 0 Å². The first-order chi connectivity index (χ1) is 9.88. The number of benzene rings is 2. The lowest BCUT2D eigenvalue weighted by molar-refractivity contribution is 0.582. The normalized spacial score (nSPS) is 11.4. The minimum Gasteiger partial charge on any atom is -0.218 e. The molecule has 3 aromatic rings. The molecular weight excluding hydrogens is 250 g/mol. The standard InChI is InChI=1S/C15H15N5/c1-2-10-20-15(17-18-19-20)16-11-13-8-5-7-12-6-3-4-9-14(12)13/h3-9,11H,2,10H2,1H3/b16-11+. The van der Waals surface area contributed by atoms with Gasteiger partial charge in [0.25, 0.3) is 5.95 Å². The van der Waals surface area contributed by atoms with Crippen LogP contribution in [-0.4, -0.2) is 26.4 Å². The molecule has 3 rings (SSSR count). The fourth-order valence-corrected chi connectivity index (χ4v) is 2.14. The topological polar surface area (TPSA) is 56.0 Å². The first-order valence-electron chi connectivity index (χ1n) is 6.66. The maximum atomic E-state index is 4.41. The molecule has 1 heterocycles. The van der Waals surface area contributed by atoms with Crippen LogP contribution in [0, 0.1) is 0 Å². The quantitative estimate of drug-likeness (QED) is 0.681. The van der Waals surface area contributed by atoms with Crippen molar-refractivity contribution in [2.45, 2.75) is 19.9 Å². The number of rotatable bonds is 4. The van der Waals surface area contributed by atoms with Crippen molar-refractivity contribution in [1.29, 1.82) is 0 Å². The Kier molecular flexibility index (Phi) is 3.50. The maximum absolute atomic E-state index is 4.41. The van der Waals surface area contributed by atoms with Gasteiger partial charge in [-0.3, -0.25) is 0 Å². The highest BCUT2D eigenvalue weighted by Gasteiger charge is 2.02. The summed E-state index contributed by atoms with van der Waals surface area (Å²) in [5, 5.41) is 13.9. The zero-order valence-corrected chi connectivity index (χ0v) is 11.3. The summed E-state index contributed by atoms with van der Waals surface area (Å²) >= 11 is 0. The van der Waals surface area contributed by atoms with Gasteiger partial charge in [0.2, 0.25) is 0 Å². The second-order valence-electron chi connectivity index (χ2n) is 4.53. The molecule has 0 aliphatic rings. The number of hydrogen-bond acceptors (Lipinski definition) is 4. The molecule has 0 fully saturated rings. The third kappa shape index (κ3) is 2.42. The summed E-state index contributed by atoms with van der Waals surface area (Å²) in [6.45, 7) is 2.86. The molecule has 0 radical (unpaired) electrons. The Hall–Kier alpha value is -2.56. The van der Waals surface area contributed by atoms with Crippen LogP contribution >= 0.6 is 0 Å². The number of nitrogens with zero attached hydrogens (tertiary/aromatic N) is 5. The third-order valence-electron chi connectivity index (χ3n) is 3.09. The summed E-state index contributed by atoms with van der Waals surface area (Å²) in [5.41, 5.74) is 1.06. The van der Waals surface area contributed by atoms with E-state index in [4.69, 9.17) is 0 Å². The van der Waals surface area contributed by atoms with E-state index in [0.29, 0.717) is 5.95 Å². The predicted molar refractivity (Wildman–Crippen MR) is 79.3 cm³/mol. The van der Waals surface area contributed by atoms with Gasteiger partial charge in [0.1, 0.15) is 0 Å². The molecule has 0 aliphatic heterocycles. The molecule has 20 heavy (non-hydrogen) atoms. The van der Waals surface area contributed by atoms with Crippen molar-refractivity contribution in [2.75, 3.05) is 0 Å². The molecular formula is C15H15N5. The van der Waals surface area contributed by atoms with Gasteiger partial charge >= 0.3 is 0 Å². The Morgan fingerprint density at radius 3 is 2.90 bits per heavy atom. The summed E-state index contributed by atoms with van der Waals surface area (Å²) in [5.74, 6) is 0.541. The summed E-state index contributed by atoms with van der Waals surface area (Å²) in [7, 11) is 0. The molecule has 0 saturated heterocycles. The second kappa shape index (κ2) is 5.61. The SMILES string of the molecule is CCCn1nnnc1/N=C/c1cccc2ccccc12. The largest absolute Gasteiger partial charge is 0.269 e. The van der Waals surface area contributed by atoms with Crippen LogP contribution in [0.5, 0.6) is 0 Å². The zero-order valence-electron chi connectivity index (χ0n) is 11.3. The average molecular weight is 265 g/mol. The monoisotopic (exact) mass is 265 g/mol. The Morgan fingerprint density at radius 2 is 2.00 bits per heavy atom. The number of fused-ring (bicyclic) bond motifs is 1. The van der Waals surface area contributed by atoms with E-state index < -0.39 is 0 Å². The van der Waals surface area contributed by atoms with Gasteiger partial charge < -0.3 is 0 Å². The highest BCUT2D eigenvalue weighted by molar-refractivity contribution is 6.00. The number of hydrogen-bond donors (Lipinski definition) is 0. The lowest BCUT2D eigenvalue weighted by Gasteiger charge is -2.01. The van der Waals surface area contributed by atoms with E-state index in [1.165, 1.54) is 10.8 Å². The first-order valence-corrected chi connectivity index (χ1v) is 6.66. The number of tetrazole rings is 1. The first kappa shape index (κ1) is 12.5. The molecule has 1 aromatic heterocycles. The molecule has 2 aromatic carbocycles. The predicted octanol–water partition coefficient (Wildman–Crippen LogP) is 2.99. The minimum atomic E-state index is 0.541. The van der Waals surface area contributed by atoms with Crippen molar-refractivity contribution in [1.82, 2.24) is 20.2 Å². The Balaban J connectivity index is 1.96. The molecule has 5 heteroatoms. The minimum absolute atomic E-state index is 0.541. The van der Waals surface area contributed by atoms with E-state index in [1.807, 2.05) is 30.5 Å². The Labute approximate surface area is 117 Å². The molecule has 5 nitrogen and oxygen atoms in total. The van der Waals surface area contributed by atoms with Crippen LogP contribution < -0.4 is 0 Å². The van der Waals surface area contributed by atoms with Crippen LogP contribution in [0.4, 0.5) is 5.95 Å². The van der Waals surface area contributed by atoms with Crippen molar-refractivity contribution in [3.63, 3.8) is 0 Å². The van der Waals surface area contributed by atoms with Crippen molar-refractivity contribution < 1.29 is 0 Å². The van der Waals surface area contributed by atoms with Gasteiger partial charge in [0.05, 0.1) is 0 Å². The van der Waals surface area contributed by atoms with Crippen LogP contribution in [0.3, 0.4) is 0 Å². The van der Waals surface area contributed by atoms with Gasteiger partial charge in [-0.05, 0) is 27.6 Å². The van der Waals surface area contributed by atoms with Gasteiger partial charge in [0, 0.05) is 18.3 Å². The third-order valence-corrected chi connectivity index (χ3v) is 3.09. The van der Waals surface area contributed by atoms with E-state index in [-0.39, 0.29) is 0 Å². The number of aromatic nitrogens is 4. The Morgan fingerprint density at radius 1 is 1.15 bits per heavy atom. The second-order valence-corrected chi connectivity index (χ2v) is 4.53. The van der Waals surface area contributed by atoms with Crippen LogP contribution in [-0.2, 0) is 6.54 Å². The fourth-order valence-electron chi connectivity index (χ4n) is 2.14. The van der Waals surface area contributed by atoms with Crippen LogP contribution in [0.1, 0.15) is 18.9 Å². The summed E-state index contributed by atoms with van der Waals surface area (Å²) < 4.78 is 1.71. The van der Waals surface area contributed by atoms with Crippen molar-refractivity contribution >= 4 is 22.9 Å². The lowest BCUT2D eigenvalue weighted by Crippen LogP contribution is -1.98. The maximum Gasteiger partial charge on any atom is 0.269 e. The summed E-state index contributed by atoms with van der Waals surface area (Å²) in [6.07, 6.45) is 2.79. The smallest absolute Gasteiger partial charge is 0.218 e. The van der Waals surface area contributed by atoms with Crippen LogP contribution in [0.25, 0.3) is 10.8 Å².